The van der Waals surface area contributed by atoms with Crippen LogP contribution < -0.4 is 0 Å². The Kier molecular flexibility index (Phi) is 8.58. The van der Waals surface area contributed by atoms with Gasteiger partial charge in [-0.3, -0.25) is 0 Å². The number of phenols is 1. The Balaban J connectivity index is 1.58. The molecule has 0 heterocycles. The number of hydrogen-bond acceptors (Lipinski definition) is 2. The lowest BCUT2D eigenvalue weighted by atomic mass is 9.53. The number of hydrogen-bond donors (Lipinski definition) is 2. The van der Waals surface area contributed by atoms with E-state index in [-0.39, 0.29) is 5.41 Å². The van der Waals surface area contributed by atoms with Crippen LogP contribution in [0.5, 0.6) is 5.75 Å². The molecule has 35 heavy (non-hydrogen) atoms. The van der Waals surface area contributed by atoms with Crippen LogP contribution in [-0.4, -0.2) is 23.9 Å². The lowest BCUT2D eigenvalue weighted by Gasteiger charge is -2.53. The van der Waals surface area contributed by atoms with E-state index in [1.165, 1.54) is 87.0 Å². The highest BCUT2D eigenvalue weighted by atomic mass is 28.3. The minimum atomic E-state index is -1.51. The van der Waals surface area contributed by atoms with Gasteiger partial charge >= 0.3 is 0 Å². The fourth-order valence-corrected chi connectivity index (χ4v) is 13.5. The number of fused-ring (bicyclic) bond motifs is 5. The molecule has 196 valence electrons. The molecule has 2 nitrogen and oxygen atoms in total. The Morgan fingerprint density at radius 1 is 0.943 bits per heavy atom. The van der Waals surface area contributed by atoms with Gasteiger partial charge in [-0.25, -0.2) is 0 Å². The van der Waals surface area contributed by atoms with Crippen LogP contribution in [0.1, 0.15) is 115 Å². The van der Waals surface area contributed by atoms with E-state index >= 15 is 0 Å². The summed E-state index contributed by atoms with van der Waals surface area (Å²) >= 11 is 0. The summed E-state index contributed by atoms with van der Waals surface area (Å²) in [5, 5.41) is 22.3. The monoisotopic (exact) mass is 496 g/mol. The van der Waals surface area contributed by atoms with Gasteiger partial charge in [-0.15, -0.1) is 0 Å². The Morgan fingerprint density at radius 3 is 2.23 bits per heavy atom. The number of rotatable bonds is 11. The first-order valence-electron chi connectivity index (χ1n) is 15.1. The molecule has 2 saturated carbocycles. The molecule has 1 aromatic rings. The predicted octanol–water partition coefficient (Wildman–Crippen LogP) is 8.92. The van der Waals surface area contributed by atoms with Gasteiger partial charge in [-0.05, 0) is 79.5 Å². The number of benzene rings is 1. The zero-order chi connectivity index (χ0) is 25.1. The van der Waals surface area contributed by atoms with Gasteiger partial charge in [0.05, 0.1) is 13.7 Å². The smallest absolute Gasteiger partial charge is 0.115 e. The average molecular weight is 497 g/mol. The SMILES string of the molecule is CCCC[Si](/C=C/[C@]1(O)CC[C@H]2[C@@H]3CCc4cc(O)ccc4[C@H]3CC[C@@]21C)(CCCC)CCCC. The molecule has 2 N–H and O–H groups in total. The number of aliphatic hydroxyl groups is 1. The summed E-state index contributed by atoms with van der Waals surface area (Å²) < 4.78 is 0. The van der Waals surface area contributed by atoms with Gasteiger partial charge in [-0.2, -0.15) is 0 Å². The van der Waals surface area contributed by atoms with Gasteiger partial charge in [0.25, 0.3) is 0 Å². The van der Waals surface area contributed by atoms with Crippen molar-refractivity contribution >= 4 is 8.07 Å². The molecular formula is C32H52O2Si. The third-order valence-corrected chi connectivity index (χ3v) is 15.6. The lowest BCUT2D eigenvalue weighted by molar-refractivity contribution is -0.0709. The molecule has 3 heteroatoms. The van der Waals surface area contributed by atoms with Crippen LogP contribution in [0.2, 0.25) is 18.1 Å². The second kappa shape index (κ2) is 11.1. The first-order chi connectivity index (χ1) is 16.8. The quantitative estimate of drug-likeness (QED) is 0.300. The van der Waals surface area contributed by atoms with Crippen molar-refractivity contribution in [1.82, 2.24) is 0 Å². The Hall–Kier alpha value is -1.06. The van der Waals surface area contributed by atoms with E-state index in [2.05, 4.69) is 45.5 Å². The molecule has 3 aliphatic carbocycles. The van der Waals surface area contributed by atoms with Crippen LogP contribution in [0.15, 0.2) is 30.0 Å². The van der Waals surface area contributed by atoms with Crippen LogP contribution in [0.3, 0.4) is 0 Å². The van der Waals surface area contributed by atoms with Crippen molar-refractivity contribution in [3.63, 3.8) is 0 Å². The Bertz CT molecular complexity index is 857. The highest BCUT2D eigenvalue weighted by Crippen LogP contribution is 2.64. The summed E-state index contributed by atoms with van der Waals surface area (Å²) in [6, 6.07) is 10.3. The van der Waals surface area contributed by atoms with Crippen LogP contribution in [0.25, 0.3) is 0 Å². The fourth-order valence-electron chi connectivity index (χ4n) is 8.42. The van der Waals surface area contributed by atoms with Gasteiger partial charge in [0.1, 0.15) is 5.75 Å². The zero-order valence-electron chi connectivity index (χ0n) is 23.1. The van der Waals surface area contributed by atoms with E-state index < -0.39 is 13.7 Å². The topological polar surface area (TPSA) is 40.5 Å². The second-order valence-electron chi connectivity index (χ2n) is 12.7. The summed E-state index contributed by atoms with van der Waals surface area (Å²) in [7, 11) is -1.51. The van der Waals surface area contributed by atoms with Gasteiger partial charge in [0.15, 0.2) is 0 Å². The molecule has 4 rings (SSSR count). The largest absolute Gasteiger partial charge is 0.508 e. The normalized spacial score (nSPS) is 32.4. The molecule has 0 spiro atoms. The molecular weight excluding hydrogens is 444 g/mol. The lowest BCUT2D eigenvalue weighted by Crippen LogP contribution is -2.50. The van der Waals surface area contributed by atoms with Gasteiger partial charge in [-0.1, -0.05) is 102 Å². The van der Waals surface area contributed by atoms with Crippen LogP contribution in [0.4, 0.5) is 0 Å². The standard InChI is InChI=1S/C32H52O2Si/c1-5-8-20-35(21-9-6-2,22-10-7-3)23-19-32(34)18-16-30-29-13-11-25-24-26(33)12-14-27(25)28(29)15-17-31(30,32)4/h12,14,19,23-24,28-30,33-34H,5-11,13,15-18,20-22H2,1-4H3/b23-19+/t28-,29-,30+,31+,32-/m1/s1. The molecule has 0 aliphatic heterocycles. The van der Waals surface area contributed by atoms with E-state index in [0.29, 0.717) is 23.5 Å². The molecule has 0 aromatic heterocycles. The van der Waals surface area contributed by atoms with E-state index in [9.17, 15) is 10.2 Å². The Morgan fingerprint density at radius 2 is 1.60 bits per heavy atom. The first kappa shape index (κ1) is 27.0. The summed E-state index contributed by atoms with van der Waals surface area (Å²) in [5.74, 6) is 2.30. The van der Waals surface area contributed by atoms with E-state index in [4.69, 9.17) is 0 Å². The van der Waals surface area contributed by atoms with E-state index in [1.54, 1.807) is 0 Å². The zero-order valence-corrected chi connectivity index (χ0v) is 24.1. The van der Waals surface area contributed by atoms with Crippen molar-refractivity contribution in [2.45, 2.75) is 134 Å². The van der Waals surface area contributed by atoms with Crippen molar-refractivity contribution in [1.29, 1.82) is 0 Å². The predicted molar refractivity (Wildman–Crippen MR) is 152 cm³/mol. The molecule has 0 radical (unpaired) electrons. The van der Waals surface area contributed by atoms with Crippen molar-refractivity contribution in [2.24, 2.45) is 17.3 Å². The maximum absolute atomic E-state index is 12.3. The number of aryl methyl sites for hydroxylation is 1. The summed E-state index contributed by atoms with van der Waals surface area (Å²) in [6.45, 7) is 9.44. The second-order valence-corrected chi connectivity index (χ2v) is 17.3. The summed E-state index contributed by atoms with van der Waals surface area (Å²) in [5.41, 5.74) is 4.88. The molecule has 0 saturated heterocycles. The maximum atomic E-state index is 12.3. The molecule has 2 fully saturated rings. The summed E-state index contributed by atoms with van der Waals surface area (Å²) in [6.07, 6.45) is 17.0. The van der Waals surface area contributed by atoms with Gasteiger partial charge in [0, 0.05) is 5.41 Å². The highest BCUT2D eigenvalue weighted by Gasteiger charge is 2.60. The van der Waals surface area contributed by atoms with Crippen molar-refractivity contribution in [2.75, 3.05) is 0 Å². The first-order valence-corrected chi connectivity index (χ1v) is 17.8. The molecule has 0 bridgehead atoms. The average Bonchev–Trinajstić information content (AvgIpc) is 3.13. The van der Waals surface area contributed by atoms with Crippen molar-refractivity contribution in [3.8, 4) is 5.75 Å². The minimum absolute atomic E-state index is 0.000498. The molecule has 0 amide bonds. The Labute approximate surface area is 216 Å². The van der Waals surface area contributed by atoms with Crippen molar-refractivity contribution < 1.29 is 10.2 Å². The van der Waals surface area contributed by atoms with Crippen LogP contribution in [0, 0.1) is 17.3 Å². The fraction of sp³-hybridized carbons (Fsp3) is 0.750. The van der Waals surface area contributed by atoms with Gasteiger partial charge < -0.3 is 10.2 Å². The van der Waals surface area contributed by atoms with Gasteiger partial charge in [0.2, 0.25) is 0 Å². The van der Waals surface area contributed by atoms with E-state index in [0.717, 1.165) is 19.3 Å². The van der Waals surface area contributed by atoms with Crippen LogP contribution in [-0.2, 0) is 6.42 Å². The molecule has 5 atom stereocenters. The minimum Gasteiger partial charge on any atom is -0.508 e. The number of unbranched alkanes of at least 4 members (excludes halogenated alkanes) is 3. The van der Waals surface area contributed by atoms with E-state index in [1.807, 2.05) is 12.1 Å². The molecule has 0 unspecified atom stereocenters. The third kappa shape index (κ3) is 5.19. The number of aromatic hydroxyl groups is 1. The molecule has 1 aromatic carbocycles. The third-order valence-electron chi connectivity index (χ3n) is 10.7. The number of phenolic OH excluding ortho intramolecular Hbond substituents is 1. The summed E-state index contributed by atoms with van der Waals surface area (Å²) in [4.78, 5) is 0. The molecule has 3 aliphatic rings. The van der Waals surface area contributed by atoms with Crippen LogP contribution >= 0.6 is 0 Å². The van der Waals surface area contributed by atoms with Crippen molar-refractivity contribution in [3.05, 3.63) is 41.1 Å². The highest BCUT2D eigenvalue weighted by molar-refractivity contribution is 6.84. The maximum Gasteiger partial charge on any atom is 0.115 e.